The van der Waals surface area contributed by atoms with Crippen LogP contribution in [0.3, 0.4) is 0 Å². The third-order valence-electron chi connectivity index (χ3n) is 4.20. The molecular formula is C11H18FNO2. The molecule has 2 rings (SSSR count). The van der Waals surface area contributed by atoms with Gasteiger partial charge >= 0.3 is 5.97 Å². The lowest BCUT2D eigenvalue weighted by Crippen LogP contribution is -2.50. The summed E-state index contributed by atoms with van der Waals surface area (Å²) in [5.74, 6) is 0.0976. The highest BCUT2D eigenvalue weighted by Crippen LogP contribution is 2.58. The van der Waals surface area contributed by atoms with Gasteiger partial charge in [0.25, 0.3) is 0 Å². The number of carbonyl (C=O) groups excluding carboxylic acids is 1. The summed E-state index contributed by atoms with van der Waals surface area (Å²) in [6.07, 6.45) is 1.01. The van der Waals surface area contributed by atoms with Gasteiger partial charge in [-0.2, -0.15) is 0 Å². The summed E-state index contributed by atoms with van der Waals surface area (Å²) in [5, 5.41) is 2.98. The first-order valence-corrected chi connectivity index (χ1v) is 5.44. The fourth-order valence-electron chi connectivity index (χ4n) is 2.94. The molecule has 1 aliphatic carbocycles. The number of hydrogen-bond acceptors (Lipinski definition) is 3. The fraction of sp³-hybridized carbons (Fsp3) is 0.909. The van der Waals surface area contributed by atoms with E-state index in [2.05, 4.69) is 17.0 Å². The highest BCUT2D eigenvalue weighted by molar-refractivity contribution is 5.81. The Morgan fingerprint density at radius 3 is 2.60 bits per heavy atom. The minimum absolute atomic E-state index is 0.0827. The lowest BCUT2D eigenvalue weighted by atomic mass is 9.72. The minimum atomic E-state index is -1.85. The number of esters is 1. The zero-order valence-corrected chi connectivity index (χ0v) is 9.47. The van der Waals surface area contributed by atoms with Crippen LogP contribution in [0.1, 0.15) is 20.3 Å². The molecule has 15 heavy (non-hydrogen) atoms. The van der Waals surface area contributed by atoms with Gasteiger partial charge in [-0.3, -0.25) is 0 Å². The van der Waals surface area contributed by atoms with Gasteiger partial charge in [0, 0.05) is 18.5 Å². The van der Waals surface area contributed by atoms with E-state index in [0.717, 1.165) is 6.42 Å². The highest BCUT2D eigenvalue weighted by Gasteiger charge is 2.66. The summed E-state index contributed by atoms with van der Waals surface area (Å²) in [6.45, 7) is 4.61. The largest absolute Gasteiger partial charge is 0.467 e. The zero-order chi connectivity index (χ0) is 11.3. The smallest absolute Gasteiger partial charge is 0.345 e. The number of methoxy groups -OCH3 is 1. The Labute approximate surface area is 89.4 Å². The first-order valence-electron chi connectivity index (χ1n) is 5.44. The molecule has 86 valence electrons. The van der Waals surface area contributed by atoms with Gasteiger partial charge in [0.1, 0.15) is 0 Å². The Balaban J connectivity index is 2.27. The van der Waals surface area contributed by atoms with Crippen molar-refractivity contribution in [2.24, 2.45) is 17.3 Å². The SMILES string of the molecule is COC(=O)C1(F)CNCC1(C)C1CC1C. The van der Waals surface area contributed by atoms with Crippen molar-refractivity contribution < 1.29 is 13.9 Å². The molecule has 2 fully saturated rings. The van der Waals surface area contributed by atoms with Gasteiger partial charge in [0.15, 0.2) is 0 Å². The fourth-order valence-corrected chi connectivity index (χ4v) is 2.94. The van der Waals surface area contributed by atoms with Crippen molar-refractivity contribution in [1.29, 1.82) is 0 Å². The normalized spacial score (nSPS) is 49.1. The molecule has 1 N–H and O–H groups in total. The second kappa shape index (κ2) is 3.17. The van der Waals surface area contributed by atoms with Crippen LogP contribution in [0.4, 0.5) is 4.39 Å². The molecule has 2 aliphatic rings. The molecule has 0 amide bonds. The number of rotatable bonds is 2. The molecule has 1 saturated heterocycles. The number of nitrogens with one attached hydrogen (secondary N) is 1. The average molecular weight is 215 g/mol. The van der Waals surface area contributed by atoms with Crippen molar-refractivity contribution in [1.82, 2.24) is 5.32 Å². The Bertz CT molecular complexity index is 296. The molecule has 0 radical (unpaired) electrons. The summed E-state index contributed by atoms with van der Waals surface area (Å²) >= 11 is 0. The first kappa shape index (κ1) is 10.9. The molecule has 0 bridgehead atoms. The molecule has 4 unspecified atom stereocenters. The van der Waals surface area contributed by atoms with Gasteiger partial charge in [0.2, 0.25) is 5.67 Å². The number of hydrogen-bond donors (Lipinski definition) is 1. The van der Waals surface area contributed by atoms with E-state index in [1.807, 2.05) is 6.92 Å². The molecule has 0 aromatic rings. The van der Waals surface area contributed by atoms with Crippen LogP contribution in [0.5, 0.6) is 0 Å². The Hall–Kier alpha value is -0.640. The van der Waals surface area contributed by atoms with E-state index < -0.39 is 17.1 Å². The van der Waals surface area contributed by atoms with Crippen LogP contribution in [-0.2, 0) is 9.53 Å². The minimum Gasteiger partial charge on any atom is -0.467 e. The van der Waals surface area contributed by atoms with E-state index in [1.165, 1.54) is 7.11 Å². The number of halogens is 1. The Morgan fingerprint density at radius 1 is 1.53 bits per heavy atom. The van der Waals surface area contributed by atoms with Crippen molar-refractivity contribution in [2.45, 2.75) is 25.9 Å². The second-order valence-corrected chi connectivity index (χ2v) is 5.13. The average Bonchev–Trinajstić information content (AvgIpc) is 2.86. The highest BCUT2D eigenvalue weighted by atomic mass is 19.1. The number of alkyl halides is 1. The topological polar surface area (TPSA) is 38.3 Å². The van der Waals surface area contributed by atoms with Crippen LogP contribution in [0.25, 0.3) is 0 Å². The molecule has 4 heteroatoms. The van der Waals surface area contributed by atoms with Crippen molar-refractivity contribution in [2.75, 3.05) is 20.2 Å². The quantitative estimate of drug-likeness (QED) is 0.702. The first-order chi connectivity index (χ1) is 6.95. The summed E-state index contributed by atoms with van der Waals surface area (Å²) < 4.78 is 19.3. The summed E-state index contributed by atoms with van der Waals surface area (Å²) in [6, 6.07) is 0. The molecule has 1 aliphatic heterocycles. The van der Waals surface area contributed by atoms with E-state index >= 15 is 0 Å². The van der Waals surface area contributed by atoms with E-state index in [0.29, 0.717) is 18.4 Å². The molecule has 1 saturated carbocycles. The van der Waals surface area contributed by atoms with Crippen molar-refractivity contribution in [3.8, 4) is 0 Å². The standard InChI is InChI=1S/C11H18FNO2/c1-7-4-8(7)10(2)5-13-6-11(10,12)9(14)15-3/h7-8,13H,4-6H2,1-3H3. The third kappa shape index (κ3) is 1.30. The lowest BCUT2D eigenvalue weighted by molar-refractivity contribution is -0.161. The number of ether oxygens (including phenoxy) is 1. The molecule has 3 nitrogen and oxygen atoms in total. The Kier molecular flexibility index (Phi) is 2.30. The van der Waals surface area contributed by atoms with E-state index in [-0.39, 0.29) is 6.54 Å². The van der Waals surface area contributed by atoms with E-state index in [9.17, 15) is 9.18 Å². The van der Waals surface area contributed by atoms with Gasteiger partial charge in [-0.1, -0.05) is 13.8 Å². The van der Waals surface area contributed by atoms with E-state index in [1.54, 1.807) is 0 Å². The molecule has 0 spiro atoms. The van der Waals surface area contributed by atoms with Gasteiger partial charge < -0.3 is 10.1 Å². The van der Waals surface area contributed by atoms with Gasteiger partial charge in [-0.05, 0) is 18.3 Å². The van der Waals surface area contributed by atoms with Crippen LogP contribution < -0.4 is 5.32 Å². The van der Waals surface area contributed by atoms with Gasteiger partial charge in [0.05, 0.1) is 7.11 Å². The van der Waals surface area contributed by atoms with Crippen LogP contribution in [0, 0.1) is 17.3 Å². The predicted octanol–water partition coefficient (Wildman–Crippen LogP) is 1.13. The van der Waals surface area contributed by atoms with Crippen LogP contribution in [-0.4, -0.2) is 31.8 Å². The molecular weight excluding hydrogens is 197 g/mol. The molecule has 4 atom stereocenters. The predicted molar refractivity (Wildman–Crippen MR) is 54.1 cm³/mol. The maximum atomic E-state index is 14.7. The van der Waals surface area contributed by atoms with Gasteiger partial charge in [-0.25, -0.2) is 9.18 Å². The summed E-state index contributed by atoms with van der Waals surface area (Å²) in [5.41, 5.74) is -2.45. The third-order valence-corrected chi connectivity index (χ3v) is 4.20. The van der Waals surface area contributed by atoms with E-state index in [4.69, 9.17) is 0 Å². The van der Waals surface area contributed by atoms with Gasteiger partial charge in [-0.15, -0.1) is 0 Å². The monoisotopic (exact) mass is 215 g/mol. The van der Waals surface area contributed by atoms with Crippen molar-refractivity contribution in [3.05, 3.63) is 0 Å². The summed E-state index contributed by atoms with van der Waals surface area (Å²) in [7, 11) is 1.25. The molecule has 1 heterocycles. The lowest BCUT2D eigenvalue weighted by Gasteiger charge is -2.34. The second-order valence-electron chi connectivity index (χ2n) is 5.13. The summed E-state index contributed by atoms with van der Waals surface area (Å²) in [4.78, 5) is 11.6. The Morgan fingerprint density at radius 2 is 2.13 bits per heavy atom. The van der Waals surface area contributed by atoms with Crippen LogP contribution in [0.2, 0.25) is 0 Å². The molecule has 0 aromatic heterocycles. The number of carbonyl (C=O) groups is 1. The van der Waals surface area contributed by atoms with Crippen molar-refractivity contribution >= 4 is 5.97 Å². The van der Waals surface area contributed by atoms with Crippen LogP contribution >= 0.6 is 0 Å². The van der Waals surface area contributed by atoms with Crippen molar-refractivity contribution in [3.63, 3.8) is 0 Å². The van der Waals surface area contributed by atoms with Crippen LogP contribution in [0.15, 0.2) is 0 Å². The molecule has 0 aromatic carbocycles. The zero-order valence-electron chi connectivity index (χ0n) is 9.47. The maximum absolute atomic E-state index is 14.7. The maximum Gasteiger partial charge on any atom is 0.345 e.